The number of anilines is 1. The van der Waals surface area contributed by atoms with Crippen LogP contribution in [-0.2, 0) is 9.53 Å². The van der Waals surface area contributed by atoms with Gasteiger partial charge in [0.15, 0.2) is 11.6 Å². The summed E-state index contributed by atoms with van der Waals surface area (Å²) in [6, 6.07) is 3.33. The molecular formula is C17H24F2N2O2. The Bertz CT molecular complexity index is 519. The van der Waals surface area contributed by atoms with Gasteiger partial charge < -0.3 is 15.0 Å². The molecule has 128 valence electrons. The van der Waals surface area contributed by atoms with Gasteiger partial charge in [-0.2, -0.15) is 0 Å². The normalized spacial score (nSPS) is 18.2. The van der Waals surface area contributed by atoms with Crippen LogP contribution in [-0.4, -0.2) is 43.7 Å². The number of nitrogens with one attached hydrogen (secondary N) is 1. The summed E-state index contributed by atoms with van der Waals surface area (Å²) in [5.74, 6) is -2.10. The Kier molecular flexibility index (Phi) is 6.92. The minimum absolute atomic E-state index is 0.211. The third-order valence-electron chi connectivity index (χ3n) is 4.03. The van der Waals surface area contributed by atoms with Gasteiger partial charge in [0.1, 0.15) is 0 Å². The van der Waals surface area contributed by atoms with E-state index >= 15 is 0 Å². The van der Waals surface area contributed by atoms with E-state index in [2.05, 4.69) is 10.2 Å². The van der Waals surface area contributed by atoms with Gasteiger partial charge in [0, 0.05) is 37.9 Å². The molecule has 0 saturated carbocycles. The summed E-state index contributed by atoms with van der Waals surface area (Å²) >= 11 is 0. The van der Waals surface area contributed by atoms with Crippen molar-refractivity contribution in [2.75, 3.05) is 32.1 Å². The van der Waals surface area contributed by atoms with E-state index in [9.17, 15) is 13.6 Å². The van der Waals surface area contributed by atoms with Gasteiger partial charge in [-0.1, -0.05) is 0 Å². The van der Waals surface area contributed by atoms with Crippen LogP contribution in [0.3, 0.4) is 0 Å². The number of halogens is 2. The molecule has 1 unspecified atom stereocenters. The summed E-state index contributed by atoms with van der Waals surface area (Å²) in [6.45, 7) is 2.34. The number of hydrogen-bond acceptors (Lipinski definition) is 3. The van der Waals surface area contributed by atoms with Crippen molar-refractivity contribution in [3.63, 3.8) is 0 Å². The van der Waals surface area contributed by atoms with Crippen molar-refractivity contribution in [2.45, 2.75) is 38.2 Å². The summed E-state index contributed by atoms with van der Waals surface area (Å²) < 4.78 is 31.6. The van der Waals surface area contributed by atoms with Crippen molar-refractivity contribution in [1.82, 2.24) is 4.90 Å². The maximum absolute atomic E-state index is 13.1. The van der Waals surface area contributed by atoms with Crippen LogP contribution in [0.15, 0.2) is 18.2 Å². The van der Waals surface area contributed by atoms with Crippen molar-refractivity contribution in [2.24, 2.45) is 0 Å². The van der Waals surface area contributed by atoms with E-state index in [0.717, 1.165) is 44.5 Å². The summed E-state index contributed by atoms with van der Waals surface area (Å²) in [4.78, 5) is 13.9. The number of hydrogen-bond donors (Lipinski definition) is 1. The molecule has 0 bridgehead atoms. The Hall–Kier alpha value is -1.53. The van der Waals surface area contributed by atoms with Crippen LogP contribution in [0.4, 0.5) is 14.5 Å². The number of ether oxygens (including phenoxy) is 1. The number of benzene rings is 1. The number of nitrogens with zero attached hydrogens (tertiary/aromatic N) is 1. The van der Waals surface area contributed by atoms with Crippen molar-refractivity contribution < 1.29 is 18.3 Å². The molecule has 0 aliphatic carbocycles. The second-order valence-electron chi connectivity index (χ2n) is 6.01. The van der Waals surface area contributed by atoms with Crippen molar-refractivity contribution in [3.05, 3.63) is 29.8 Å². The van der Waals surface area contributed by atoms with Crippen LogP contribution < -0.4 is 5.32 Å². The van der Waals surface area contributed by atoms with Crippen molar-refractivity contribution in [3.8, 4) is 0 Å². The molecule has 1 fully saturated rings. The van der Waals surface area contributed by atoms with Gasteiger partial charge in [0.25, 0.3) is 0 Å². The van der Waals surface area contributed by atoms with E-state index in [0.29, 0.717) is 19.1 Å². The van der Waals surface area contributed by atoms with Crippen LogP contribution in [0.1, 0.15) is 32.1 Å². The van der Waals surface area contributed by atoms with E-state index in [4.69, 9.17) is 4.74 Å². The van der Waals surface area contributed by atoms with E-state index in [-0.39, 0.29) is 11.6 Å². The second-order valence-corrected chi connectivity index (χ2v) is 6.01. The minimum atomic E-state index is -0.965. The first-order valence-electron chi connectivity index (χ1n) is 8.09. The molecule has 1 aliphatic rings. The van der Waals surface area contributed by atoms with E-state index < -0.39 is 11.6 Å². The highest BCUT2D eigenvalue weighted by Gasteiger charge is 2.14. The predicted octanol–water partition coefficient (Wildman–Crippen LogP) is 3.18. The molecule has 1 aromatic carbocycles. The highest BCUT2D eigenvalue weighted by molar-refractivity contribution is 5.90. The number of carbonyl (C=O) groups excluding carboxylic acids is 1. The van der Waals surface area contributed by atoms with Gasteiger partial charge in [-0.25, -0.2) is 8.78 Å². The summed E-state index contributed by atoms with van der Waals surface area (Å²) in [7, 11) is 1.97. The summed E-state index contributed by atoms with van der Waals surface area (Å²) in [6.07, 6.45) is 5.11. The van der Waals surface area contributed by atoms with Crippen LogP contribution in [0.5, 0.6) is 0 Å². The largest absolute Gasteiger partial charge is 0.378 e. The smallest absolute Gasteiger partial charge is 0.225 e. The molecule has 0 radical (unpaired) electrons. The van der Waals surface area contributed by atoms with Gasteiger partial charge in [-0.15, -0.1) is 0 Å². The van der Waals surface area contributed by atoms with Crippen LogP contribution in [0, 0.1) is 11.6 Å². The lowest BCUT2D eigenvalue weighted by Crippen LogP contribution is -2.29. The van der Waals surface area contributed by atoms with Crippen LogP contribution >= 0.6 is 0 Å². The highest BCUT2D eigenvalue weighted by atomic mass is 19.2. The Morgan fingerprint density at radius 1 is 1.30 bits per heavy atom. The molecule has 1 aromatic rings. The average Bonchev–Trinajstić information content (AvgIpc) is 2.55. The maximum Gasteiger partial charge on any atom is 0.225 e. The highest BCUT2D eigenvalue weighted by Crippen LogP contribution is 2.16. The lowest BCUT2D eigenvalue weighted by molar-refractivity contribution is -0.116. The molecular weight excluding hydrogens is 302 g/mol. The third kappa shape index (κ3) is 6.23. The standard InChI is InChI=1S/C17H24F2N2O2/c1-21(9-7-14-4-2-3-11-23-14)10-8-17(22)20-13-5-6-15(18)16(19)12-13/h5-6,12,14H,2-4,7-11H2,1H3,(H,20,22). The zero-order chi connectivity index (χ0) is 16.7. The van der Waals surface area contributed by atoms with Gasteiger partial charge in [0.05, 0.1) is 6.10 Å². The maximum atomic E-state index is 13.1. The molecule has 1 heterocycles. The SMILES string of the molecule is CN(CCC(=O)Nc1ccc(F)c(F)c1)CCC1CCCCO1. The molecule has 6 heteroatoms. The summed E-state index contributed by atoms with van der Waals surface area (Å²) in [5.41, 5.74) is 0.271. The van der Waals surface area contributed by atoms with E-state index in [1.165, 1.54) is 12.5 Å². The topological polar surface area (TPSA) is 41.6 Å². The molecule has 0 aromatic heterocycles. The molecule has 2 rings (SSSR count). The van der Waals surface area contributed by atoms with Gasteiger partial charge in [-0.3, -0.25) is 4.79 Å². The van der Waals surface area contributed by atoms with E-state index in [1.807, 2.05) is 7.05 Å². The second kappa shape index (κ2) is 8.93. The number of carbonyl (C=O) groups is 1. The first-order valence-corrected chi connectivity index (χ1v) is 8.09. The molecule has 1 aliphatic heterocycles. The Morgan fingerprint density at radius 3 is 2.83 bits per heavy atom. The average molecular weight is 326 g/mol. The molecule has 1 N–H and O–H groups in total. The zero-order valence-electron chi connectivity index (χ0n) is 13.5. The fourth-order valence-electron chi connectivity index (χ4n) is 2.60. The van der Waals surface area contributed by atoms with E-state index in [1.54, 1.807) is 0 Å². The lowest BCUT2D eigenvalue weighted by atomic mass is 10.1. The van der Waals surface area contributed by atoms with Crippen LogP contribution in [0.25, 0.3) is 0 Å². The number of amides is 1. The van der Waals surface area contributed by atoms with Crippen LogP contribution in [0.2, 0.25) is 0 Å². The van der Waals surface area contributed by atoms with Gasteiger partial charge in [-0.05, 0) is 44.9 Å². The molecule has 1 atom stereocenters. The van der Waals surface area contributed by atoms with Crippen molar-refractivity contribution >= 4 is 11.6 Å². The lowest BCUT2D eigenvalue weighted by Gasteiger charge is -2.25. The minimum Gasteiger partial charge on any atom is -0.378 e. The molecule has 23 heavy (non-hydrogen) atoms. The Labute approximate surface area is 135 Å². The first kappa shape index (κ1) is 17.8. The Balaban J connectivity index is 1.65. The van der Waals surface area contributed by atoms with Gasteiger partial charge >= 0.3 is 0 Å². The third-order valence-corrected chi connectivity index (χ3v) is 4.03. The number of rotatable bonds is 7. The predicted molar refractivity (Wildman–Crippen MR) is 85.3 cm³/mol. The zero-order valence-corrected chi connectivity index (χ0v) is 13.5. The van der Waals surface area contributed by atoms with Gasteiger partial charge in [0.2, 0.25) is 5.91 Å². The quantitative estimate of drug-likeness (QED) is 0.837. The Morgan fingerprint density at radius 2 is 2.13 bits per heavy atom. The molecule has 1 amide bonds. The molecule has 0 spiro atoms. The van der Waals surface area contributed by atoms with Crippen molar-refractivity contribution in [1.29, 1.82) is 0 Å². The monoisotopic (exact) mass is 326 g/mol. The first-order chi connectivity index (χ1) is 11.0. The molecule has 4 nitrogen and oxygen atoms in total. The fourth-order valence-corrected chi connectivity index (χ4v) is 2.60. The fraction of sp³-hybridized carbons (Fsp3) is 0.588. The molecule has 1 saturated heterocycles. The summed E-state index contributed by atoms with van der Waals surface area (Å²) in [5, 5.41) is 2.57.